The zero-order chi connectivity index (χ0) is 12.8. The molecule has 0 amide bonds. The summed E-state index contributed by atoms with van der Waals surface area (Å²) in [4.78, 5) is 0. The SMILES string of the molecule is CC.CC.CCCCC(C)C1CCCCC1. The first kappa shape index (κ1) is 18.4. The summed E-state index contributed by atoms with van der Waals surface area (Å²) in [6.45, 7) is 12.8. The minimum Gasteiger partial charge on any atom is -0.0683 e. The van der Waals surface area contributed by atoms with Gasteiger partial charge in [-0.2, -0.15) is 0 Å². The van der Waals surface area contributed by atoms with E-state index in [1.807, 2.05) is 27.7 Å². The fourth-order valence-corrected chi connectivity index (χ4v) is 2.47. The third-order valence-corrected chi connectivity index (χ3v) is 3.47. The number of hydrogen-bond donors (Lipinski definition) is 0. The van der Waals surface area contributed by atoms with Crippen LogP contribution in [0.3, 0.4) is 0 Å². The van der Waals surface area contributed by atoms with Crippen molar-refractivity contribution in [3.8, 4) is 0 Å². The maximum Gasteiger partial charge on any atom is -0.0388 e. The Labute approximate surface area is 105 Å². The van der Waals surface area contributed by atoms with Crippen LogP contribution in [0, 0.1) is 11.8 Å². The minimum atomic E-state index is 1.00. The summed E-state index contributed by atoms with van der Waals surface area (Å²) in [7, 11) is 0. The number of rotatable bonds is 4. The van der Waals surface area contributed by atoms with Gasteiger partial charge >= 0.3 is 0 Å². The molecular formula is C16H36. The molecule has 0 aromatic carbocycles. The van der Waals surface area contributed by atoms with Crippen molar-refractivity contribution >= 4 is 0 Å². The zero-order valence-electron chi connectivity index (χ0n) is 12.8. The van der Waals surface area contributed by atoms with Crippen molar-refractivity contribution in [1.29, 1.82) is 0 Å². The van der Waals surface area contributed by atoms with Gasteiger partial charge in [0.25, 0.3) is 0 Å². The van der Waals surface area contributed by atoms with Gasteiger partial charge in [-0.05, 0) is 11.8 Å². The van der Waals surface area contributed by atoms with Gasteiger partial charge in [0, 0.05) is 0 Å². The molecule has 0 radical (unpaired) electrons. The van der Waals surface area contributed by atoms with E-state index in [1.54, 1.807) is 0 Å². The van der Waals surface area contributed by atoms with Crippen LogP contribution in [0.25, 0.3) is 0 Å². The molecule has 0 heterocycles. The van der Waals surface area contributed by atoms with Crippen LogP contribution in [0.5, 0.6) is 0 Å². The van der Waals surface area contributed by atoms with Crippen LogP contribution < -0.4 is 0 Å². The summed E-state index contributed by atoms with van der Waals surface area (Å²) in [5.74, 6) is 2.08. The van der Waals surface area contributed by atoms with Gasteiger partial charge in [-0.1, -0.05) is 92.9 Å². The van der Waals surface area contributed by atoms with Gasteiger partial charge in [-0.3, -0.25) is 0 Å². The molecular weight excluding hydrogens is 192 g/mol. The van der Waals surface area contributed by atoms with E-state index < -0.39 is 0 Å². The van der Waals surface area contributed by atoms with Gasteiger partial charge in [0.1, 0.15) is 0 Å². The van der Waals surface area contributed by atoms with E-state index >= 15 is 0 Å². The second kappa shape index (κ2) is 15.0. The first-order valence-electron chi connectivity index (χ1n) is 7.84. The molecule has 1 atom stereocenters. The Morgan fingerprint density at radius 1 is 0.938 bits per heavy atom. The zero-order valence-corrected chi connectivity index (χ0v) is 12.8. The molecule has 0 nitrogen and oxygen atoms in total. The van der Waals surface area contributed by atoms with E-state index in [-0.39, 0.29) is 0 Å². The van der Waals surface area contributed by atoms with Crippen molar-refractivity contribution < 1.29 is 0 Å². The largest absolute Gasteiger partial charge is 0.0683 e. The summed E-state index contributed by atoms with van der Waals surface area (Å²) >= 11 is 0. The highest BCUT2D eigenvalue weighted by Gasteiger charge is 2.18. The molecule has 0 bridgehead atoms. The highest BCUT2D eigenvalue weighted by atomic mass is 14.2. The van der Waals surface area contributed by atoms with Crippen molar-refractivity contribution in [1.82, 2.24) is 0 Å². The molecule has 0 heteroatoms. The number of unbranched alkanes of at least 4 members (excludes halogenated alkanes) is 1. The predicted molar refractivity (Wildman–Crippen MR) is 78.0 cm³/mol. The third kappa shape index (κ3) is 9.24. The van der Waals surface area contributed by atoms with Crippen LogP contribution in [0.15, 0.2) is 0 Å². The van der Waals surface area contributed by atoms with Crippen molar-refractivity contribution in [2.75, 3.05) is 0 Å². The molecule has 1 fully saturated rings. The lowest BCUT2D eigenvalue weighted by atomic mass is 9.79. The quantitative estimate of drug-likeness (QED) is 0.519. The maximum atomic E-state index is 2.46. The lowest BCUT2D eigenvalue weighted by molar-refractivity contribution is 0.248. The van der Waals surface area contributed by atoms with Crippen LogP contribution >= 0.6 is 0 Å². The molecule has 0 aromatic heterocycles. The standard InChI is InChI=1S/C12H24.2C2H6/c1-3-4-8-11(2)12-9-6-5-7-10-12;2*1-2/h11-12H,3-10H2,1-2H3;2*1-2H3. The van der Waals surface area contributed by atoms with Crippen LogP contribution in [0.1, 0.15) is 92.9 Å². The molecule has 0 saturated heterocycles. The smallest absolute Gasteiger partial charge is 0.0388 e. The maximum absolute atomic E-state index is 2.46. The minimum absolute atomic E-state index is 1.00. The Balaban J connectivity index is 0. The van der Waals surface area contributed by atoms with E-state index in [4.69, 9.17) is 0 Å². The normalized spacial score (nSPS) is 17.6. The Hall–Kier alpha value is 0. The van der Waals surface area contributed by atoms with Crippen molar-refractivity contribution in [2.45, 2.75) is 92.9 Å². The average Bonchev–Trinajstić information content (AvgIpc) is 2.41. The second-order valence-electron chi connectivity index (χ2n) is 4.52. The summed E-state index contributed by atoms with van der Waals surface area (Å²) in [6, 6.07) is 0. The third-order valence-electron chi connectivity index (χ3n) is 3.47. The van der Waals surface area contributed by atoms with Crippen LogP contribution in [-0.4, -0.2) is 0 Å². The lowest BCUT2D eigenvalue weighted by Gasteiger charge is -2.27. The summed E-state index contributed by atoms with van der Waals surface area (Å²) < 4.78 is 0. The Bertz CT molecular complexity index is 101. The molecule has 1 rings (SSSR count). The fourth-order valence-electron chi connectivity index (χ4n) is 2.47. The van der Waals surface area contributed by atoms with Crippen molar-refractivity contribution in [2.24, 2.45) is 11.8 Å². The molecule has 16 heavy (non-hydrogen) atoms. The van der Waals surface area contributed by atoms with Crippen molar-refractivity contribution in [3.63, 3.8) is 0 Å². The van der Waals surface area contributed by atoms with Crippen LogP contribution in [0.2, 0.25) is 0 Å². The van der Waals surface area contributed by atoms with Gasteiger partial charge in [-0.25, -0.2) is 0 Å². The van der Waals surface area contributed by atoms with Gasteiger partial charge in [0.2, 0.25) is 0 Å². The van der Waals surface area contributed by atoms with Gasteiger partial charge < -0.3 is 0 Å². The number of hydrogen-bond acceptors (Lipinski definition) is 0. The van der Waals surface area contributed by atoms with E-state index in [0.29, 0.717) is 0 Å². The Morgan fingerprint density at radius 2 is 1.44 bits per heavy atom. The molecule has 0 aromatic rings. The second-order valence-corrected chi connectivity index (χ2v) is 4.52. The first-order valence-corrected chi connectivity index (χ1v) is 7.84. The molecule has 0 N–H and O–H groups in total. The highest BCUT2D eigenvalue weighted by molar-refractivity contribution is 4.70. The predicted octanol–water partition coefficient (Wildman–Crippen LogP) is 6.45. The lowest BCUT2D eigenvalue weighted by Crippen LogP contribution is -2.15. The van der Waals surface area contributed by atoms with E-state index in [0.717, 1.165) is 11.8 Å². The molecule has 0 spiro atoms. The highest BCUT2D eigenvalue weighted by Crippen LogP contribution is 2.32. The van der Waals surface area contributed by atoms with Gasteiger partial charge in [0.15, 0.2) is 0 Å². The van der Waals surface area contributed by atoms with E-state index in [9.17, 15) is 0 Å². The Kier molecular flexibility index (Phi) is 17.2. The molecule has 1 unspecified atom stereocenters. The monoisotopic (exact) mass is 228 g/mol. The van der Waals surface area contributed by atoms with E-state index in [1.165, 1.54) is 51.4 Å². The molecule has 100 valence electrons. The molecule has 1 aliphatic carbocycles. The summed E-state index contributed by atoms with van der Waals surface area (Å²) in [5, 5.41) is 0. The summed E-state index contributed by atoms with van der Waals surface area (Å²) in [6.07, 6.45) is 11.8. The average molecular weight is 228 g/mol. The molecule has 0 aliphatic heterocycles. The topological polar surface area (TPSA) is 0 Å². The van der Waals surface area contributed by atoms with Crippen molar-refractivity contribution in [3.05, 3.63) is 0 Å². The molecule has 1 aliphatic rings. The van der Waals surface area contributed by atoms with Crippen LogP contribution in [0.4, 0.5) is 0 Å². The summed E-state index contributed by atoms with van der Waals surface area (Å²) in [5.41, 5.74) is 0. The van der Waals surface area contributed by atoms with Crippen LogP contribution in [-0.2, 0) is 0 Å². The molecule has 1 saturated carbocycles. The van der Waals surface area contributed by atoms with Gasteiger partial charge in [0.05, 0.1) is 0 Å². The fraction of sp³-hybridized carbons (Fsp3) is 1.00. The Morgan fingerprint density at radius 3 is 1.88 bits per heavy atom. The van der Waals surface area contributed by atoms with Gasteiger partial charge in [-0.15, -0.1) is 0 Å². The first-order chi connectivity index (χ1) is 7.84. The van der Waals surface area contributed by atoms with E-state index in [2.05, 4.69) is 13.8 Å².